The molecule has 1 spiro atoms. The molecular weight excluding hydrogens is 184 g/mol. The molecule has 2 unspecified atom stereocenters. The lowest BCUT2D eigenvalue weighted by atomic mass is 9.63. The predicted octanol–water partition coefficient (Wildman–Crippen LogP) is 2.95. The lowest BCUT2D eigenvalue weighted by Gasteiger charge is -2.49. The van der Waals surface area contributed by atoms with Crippen LogP contribution in [0.1, 0.15) is 45.4 Å². The topological polar surface area (TPSA) is 12.0 Å². The van der Waals surface area contributed by atoms with Crippen LogP contribution in [0.25, 0.3) is 0 Å². The molecule has 0 saturated heterocycles. The molecule has 0 radical (unpaired) electrons. The smallest absolute Gasteiger partial charge is 0.253 e. The first-order valence-electron chi connectivity index (χ1n) is 5.68. The van der Waals surface area contributed by atoms with Gasteiger partial charge in [-0.1, -0.05) is 12.8 Å². The van der Waals surface area contributed by atoms with Crippen LogP contribution in [-0.2, 0) is 0 Å². The van der Waals surface area contributed by atoms with E-state index in [2.05, 4.69) is 5.32 Å². The molecule has 1 nitrogen and oxygen atoms in total. The van der Waals surface area contributed by atoms with E-state index in [-0.39, 0.29) is 0 Å². The fourth-order valence-electron chi connectivity index (χ4n) is 3.02. The van der Waals surface area contributed by atoms with Crippen molar-refractivity contribution in [3.05, 3.63) is 0 Å². The average molecular weight is 203 g/mol. The Kier molecular flexibility index (Phi) is 2.78. The third-order valence-electron chi connectivity index (χ3n) is 4.11. The van der Waals surface area contributed by atoms with Gasteiger partial charge < -0.3 is 5.32 Å². The van der Waals surface area contributed by atoms with Gasteiger partial charge >= 0.3 is 0 Å². The van der Waals surface area contributed by atoms with Crippen LogP contribution < -0.4 is 5.32 Å². The molecule has 0 aromatic rings. The van der Waals surface area contributed by atoms with Crippen LogP contribution in [-0.4, -0.2) is 18.5 Å². The van der Waals surface area contributed by atoms with E-state index in [0.717, 1.165) is 6.42 Å². The van der Waals surface area contributed by atoms with Gasteiger partial charge in [0.25, 0.3) is 6.43 Å². The Bertz CT molecular complexity index is 199. The summed E-state index contributed by atoms with van der Waals surface area (Å²) in [7, 11) is 0. The summed E-state index contributed by atoms with van der Waals surface area (Å²) in [6.07, 6.45) is 5.20. The van der Waals surface area contributed by atoms with Crippen molar-refractivity contribution in [2.24, 2.45) is 5.41 Å². The van der Waals surface area contributed by atoms with Crippen molar-refractivity contribution < 1.29 is 8.78 Å². The van der Waals surface area contributed by atoms with Crippen LogP contribution in [0.3, 0.4) is 0 Å². The average Bonchev–Trinajstić information content (AvgIpc) is 2.62. The molecule has 0 heterocycles. The Hall–Kier alpha value is -0.180. The van der Waals surface area contributed by atoms with E-state index in [9.17, 15) is 8.78 Å². The normalized spacial score (nSPS) is 32.1. The van der Waals surface area contributed by atoms with Crippen molar-refractivity contribution in [3.8, 4) is 0 Å². The molecule has 3 heteroatoms. The maximum atomic E-state index is 12.4. The highest BCUT2D eigenvalue weighted by atomic mass is 19.3. The van der Waals surface area contributed by atoms with Gasteiger partial charge in [-0.2, -0.15) is 0 Å². The van der Waals surface area contributed by atoms with Gasteiger partial charge in [0.05, 0.1) is 6.04 Å². The van der Waals surface area contributed by atoms with E-state index in [4.69, 9.17) is 0 Å². The minimum atomic E-state index is -2.23. The third-order valence-corrected chi connectivity index (χ3v) is 4.11. The van der Waals surface area contributed by atoms with Crippen LogP contribution >= 0.6 is 0 Å². The minimum absolute atomic E-state index is 0.369. The molecule has 2 aliphatic carbocycles. The van der Waals surface area contributed by atoms with Crippen molar-refractivity contribution in [1.29, 1.82) is 0 Å². The van der Waals surface area contributed by atoms with E-state index < -0.39 is 12.5 Å². The number of hydrogen-bond acceptors (Lipinski definition) is 1. The van der Waals surface area contributed by atoms with Gasteiger partial charge in [-0.3, -0.25) is 0 Å². The van der Waals surface area contributed by atoms with Gasteiger partial charge in [0.1, 0.15) is 0 Å². The summed E-state index contributed by atoms with van der Waals surface area (Å²) in [6, 6.07) is -0.272. The lowest BCUT2D eigenvalue weighted by Crippen LogP contribution is -2.55. The van der Waals surface area contributed by atoms with Gasteiger partial charge in [-0.05, 0) is 38.0 Å². The summed E-state index contributed by atoms with van der Waals surface area (Å²) < 4.78 is 24.7. The first-order valence-corrected chi connectivity index (χ1v) is 5.68. The molecular formula is C11H19F2N. The van der Waals surface area contributed by atoms with Crippen molar-refractivity contribution in [3.63, 3.8) is 0 Å². The van der Waals surface area contributed by atoms with Crippen LogP contribution in [0.5, 0.6) is 0 Å². The summed E-state index contributed by atoms with van der Waals surface area (Å²) in [5.74, 6) is 0. The number of nitrogens with one attached hydrogen (secondary N) is 1. The zero-order chi connectivity index (χ0) is 10.2. The largest absolute Gasteiger partial charge is 0.306 e. The summed E-state index contributed by atoms with van der Waals surface area (Å²) in [6.45, 7) is 1.59. The first kappa shape index (κ1) is 10.3. The Morgan fingerprint density at radius 1 is 1.21 bits per heavy atom. The summed E-state index contributed by atoms with van der Waals surface area (Å²) in [5, 5.41) is 3.10. The minimum Gasteiger partial charge on any atom is -0.306 e. The quantitative estimate of drug-likeness (QED) is 0.743. The van der Waals surface area contributed by atoms with Crippen molar-refractivity contribution >= 4 is 0 Å². The molecule has 2 rings (SSSR count). The van der Waals surface area contributed by atoms with E-state index in [1.54, 1.807) is 6.92 Å². The monoisotopic (exact) mass is 203 g/mol. The second-order valence-electron chi connectivity index (χ2n) is 4.95. The van der Waals surface area contributed by atoms with Crippen LogP contribution in [0.2, 0.25) is 0 Å². The molecule has 0 aromatic carbocycles. The summed E-state index contributed by atoms with van der Waals surface area (Å²) in [5.41, 5.74) is 0.406. The molecule has 2 fully saturated rings. The number of halogens is 2. The molecule has 0 bridgehead atoms. The Morgan fingerprint density at radius 2 is 1.86 bits per heavy atom. The predicted molar refractivity (Wildman–Crippen MR) is 52.5 cm³/mol. The first-order chi connectivity index (χ1) is 6.64. The van der Waals surface area contributed by atoms with Gasteiger partial charge in [0.15, 0.2) is 0 Å². The van der Waals surface area contributed by atoms with Crippen LogP contribution in [0.15, 0.2) is 0 Å². The van der Waals surface area contributed by atoms with Crippen molar-refractivity contribution in [2.45, 2.75) is 64.0 Å². The highest BCUT2D eigenvalue weighted by Crippen LogP contribution is 2.53. The maximum Gasteiger partial charge on any atom is 0.253 e. The van der Waals surface area contributed by atoms with Crippen LogP contribution in [0.4, 0.5) is 8.78 Å². The molecule has 0 aromatic heterocycles. The fraction of sp³-hybridized carbons (Fsp3) is 1.00. The van der Waals surface area contributed by atoms with Gasteiger partial charge in [-0.15, -0.1) is 0 Å². The van der Waals surface area contributed by atoms with Gasteiger partial charge in [-0.25, -0.2) is 8.78 Å². The SMILES string of the molecule is CC(NC1CCC12CCCC2)C(F)F. The van der Waals surface area contributed by atoms with Crippen molar-refractivity contribution in [2.75, 3.05) is 0 Å². The summed E-state index contributed by atoms with van der Waals surface area (Å²) >= 11 is 0. The summed E-state index contributed by atoms with van der Waals surface area (Å²) in [4.78, 5) is 0. The van der Waals surface area contributed by atoms with Crippen LogP contribution in [0, 0.1) is 5.41 Å². The maximum absolute atomic E-state index is 12.4. The molecule has 0 amide bonds. The number of hydrogen-bond donors (Lipinski definition) is 1. The molecule has 14 heavy (non-hydrogen) atoms. The lowest BCUT2D eigenvalue weighted by molar-refractivity contribution is 0.0303. The Morgan fingerprint density at radius 3 is 2.29 bits per heavy atom. The third kappa shape index (κ3) is 1.67. The van der Waals surface area contributed by atoms with Gasteiger partial charge in [0.2, 0.25) is 0 Å². The van der Waals surface area contributed by atoms with E-state index in [1.807, 2.05) is 0 Å². The van der Waals surface area contributed by atoms with Gasteiger partial charge in [0, 0.05) is 6.04 Å². The molecule has 1 N–H and O–H groups in total. The van der Waals surface area contributed by atoms with E-state index >= 15 is 0 Å². The molecule has 82 valence electrons. The Labute approximate surface area is 84.3 Å². The fourth-order valence-corrected chi connectivity index (χ4v) is 3.02. The van der Waals surface area contributed by atoms with Crippen molar-refractivity contribution in [1.82, 2.24) is 5.32 Å². The Balaban J connectivity index is 1.87. The zero-order valence-corrected chi connectivity index (χ0v) is 8.73. The second-order valence-corrected chi connectivity index (χ2v) is 4.95. The number of alkyl halides is 2. The molecule has 2 atom stereocenters. The molecule has 2 aliphatic rings. The van der Waals surface area contributed by atoms with E-state index in [0.29, 0.717) is 11.5 Å². The molecule has 2 saturated carbocycles. The highest BCUT2D eigenvalue weighted by molar-refractivity contribution is 5.03. The number of rotatable bonds is 3. The molecule has 0 aliphatic heterocycles. The zero-order valence-electron chi connectivity index (χ0n) is 8.73. The highest BCUT2D eigenvalue weighted by Gasteiger charge is 2.48. The van der Waals surface area contributed by atoms with E-state index in [1.165, 1.54) is 32.1 Å². The standard InChI is InChI=1S/C11H19F2N/c1-8(10(12)13)14-9-4-7-11(9)5-2-3-6-11/h8-10,14H,2-7H2,1H3. The second kappa shape index (κ2) is 3.76.